The molecule has 152 valence electrons. The minimum Gasteiger partial charge on any atom is -0.463 e. The maximum atomic E-state index is 12.9. The number of carbonyl (C=O) groups is 1. The molecule has 0 aliphatic rings. The first kappa shape index (κ1) is 19.8. The molecule has 0 saturated carbocycles. The van der Waals surface area contributed by atoms with Gasteiger partial charge in [0.2, 0.25) is 0 Å². The van der Waals surface area contributed by atoms with E-state index in [0.717, 1.165) is 0 Å². The van der Waals surface area contributed by atoms with Gasteiger partial charge in [0.25, 0.3) is 0 Å². The summed E-state index contributed by atoms with van der Waals surface area (Å²) in [5, 5.41) is 0.894. The summed E-state index contributed by atoms with van der Waals surface area (Å²) in [6.45, 7) is -3.31. The van der Waals surface area contributed by atoms with Crippen LogP contribution in [0, 0.1) is 0 Å². The number of alkyl halides is 2. The van der Waals surface area contributed by atoms with E-state index >= 15 is 0 Å². The minimum atomic E-state index is -3.01. The van der Waals surface area contributed by atoms with E-state index in [4.69, 9.17) is 20.8 Å². The fourth-order valence-corrected chi connectivity index (χ4v) is 3.18. The lowest BCUT2D eigenvalue weighted by molar-refractivity contribution is -0.0510. The van der Waals surface area contributed by atoms with Gasteiger partial charge in [-0.15, -0.1) is 0 Å². The van der Waals surface area contributed by atoms with Gasteiger partial charge in [-0.2, -0.15) is 8.78 Å². The molecule has 2 aromatic carbocycles. The molecule has 2 heterocycles. The third-order valence-electron chi connectivity index (χ3n) is 4.31. The van der Waals surface area contributed by atoms with E-state index in [0.29, 0.717) is 27.4 Å². The number of halogens is 3. The molecular formula is C22H14ClF2NO4. The van der Waals surface area contributed by atoms with E-state index in [1.165, 1.54) is 24.5 Å². The quantitative estimate of drug-likeness (QED) is 0.346. The molecule has 4 rings (SSSR count). The van der Waals surface area contributed by atoms with Crippen LogP contribution < -0.4 is 4.74 Å². The van der Waals surface area contributed by atoms with Gasteiger partial charge in [-0.3, -0.25) is 0 Å². The van der Waals surface area contributed by atoms with Gasteiger partial charge in [0, 0.05) is 16.0 Å². The van der Waals surface area contributed by atoms with Crippen molar-refractivity contribution in [2.45, 2.75) is 13.2 Å². The molecule has 0 aliphatic carbocycles. The standard InChI is InChI=1S/C22H14ClF2NO4/c23-14-7-8-19(30-22(24)25)13(10-14)12-29-21(27)16-11-18(20-6-3-9-28-20)26-17-5-2-1-4-15(16)17/h1-11,22H,12H2. The summed E-state index contributed by atoms with van der Waals surface area (Å²) in [5.41, 5.74) is 1.55. The van der Waals surface area contributed by atoms with Gasteiger partial charge < -0.3 is 13.9 Å². The molecule has 5 nitrogen and oxygen atoms in total. The number of furan rings is 1. The summed E-state index contributed by atoms with van der Waals surface area (Å²) >= 11 is 5.94. The lowest BCUT2D eigenvalue weighted by atomic mass is 10.1. The first-order chi connectivity index (χ1) is 14.5. The summed E-state index contributed by atoms with van der Waals surface area (Å²) in [6, 6.07) is 16.2. The van der Waals surface area contributed by atoms with E-state index in [9.17, 15) is 13.6 Å². The summed E-state index contributed by atoms with van der Waals surface area (Å²) in [5.74, 6) is -0.264. The Morgan fingerprint density at radius 2 is 1.93 bits per heavy atom. The summed E-state index contributed by atoms with van der Waals surface area (Å²) in [7, 11) is 0. The van der Waals surface area contributed by atoms with Crippen LogP contribution in [-0.2, 0) is 11.3 Å². The first-order valence-corrected chi connectivity index (χ1v) is 9.23. The molecule has 30 heavy (non-hydrogen) atoms. The van der Waals surface area contributed by atoms with E-state index in [1.54, 1.807) is 42.5 Å². The first-order valence-electron chi connectivity index (χ1n) is 8.85. The molecule has 0 unspecified atom stereocenters. The lowest BCUT2D eigenvalue weighted by Crippen LogP contribution is -2.09. The van der Waals surface area contributed by atoms with E-state index in [2.05, 4.69) is 9.72 Å². The van der Waals surface area contributed by atoms with Crippen molar-refractivity contribution < 1.29 is 27.5 Å². The number of pyridine rings is 1. The fourth-order valence-electron chi connectivity index (χ4n) is 2.99. The molecule has 0 amide bonds. The molecule has 0 spiro atoms. The monoisotopic (exact) mass is 429 g/mol. The van der Waals surface area contributed by atoms with Crippen molar-refractivity contribution in [3.8, 4) is 17.2 Å². The van der Waals surface area contributed by atoms with Crippen LogP contribution in [0.5, 0.6) is 5.75 Å². The van der Waals surface area contributed by atoms with Crippen LogP contribution >= 0.6 is 11.6 Å². The summed E-state index contributed by atoms with van der Waals surface area (Å²) in [4.78, 5) is 17.4. The highest BCUT2D eigenvalue weighted by Crippen LogP contribution is 2.28. The average molecular weight is 430 g/mol. The predicted molar refractivity (Wildman–Crippen MR) is 107 cm³/mol. The number of para-hydroxylation sites is 1. The number of benzene rings is 2. The van der Waals surface area contributed by atoms with E-state index < -0.39 is 12.6 Å². The summed E-state index contributed by atoms with van der Waals surface area (Å²) in [6.07, 6.45) is 1.51. The third kappa shape index (κ3) is 4.26. The Hall–Kier alpha value is -3.45. The Labute approximate surface area is 174 Å². The number of fused-ring (bicyclic) bond motifs is 1. The topological polar surface area (TPSA) is 61.6 Å². The van der Waals surface area contributed by atoms with Crippen LogP contribution in [0.2, 0.25) is 5.02 Å². The number of carbonyl (C=O) groups excluding carboxylic acids is 1. The van der Waals surface area contributed by atoms with Crippen LogP contribution in [0.15, 0.2) is 71.3 Å². The number of nitrogens with zero attached hydrogens (tertiary/aromatic N) is 1. The van der Waals surface area contributed by atoms with E-state index in [-0.39, 0.29) is 23.5 Å². The summed E-state index contributed by atoms with van der Waals surface area (Å²) < 4.78 is 40.5. The molecule has 0 bridgehead atoms. The van der Waals surface area contributed by atoms with Gasteiger partial charge in [0.15, 0.2) is 5.76 Å². The normalized spacial score (nSPS) is 11.1. The van der Waals surface area contributed by atoms with Crippen LogP contribution in [0.4, 0.5) is 8.78 Å². The fraction of sp³-hybridized carbons (Fsp3) is 0.0909. The average Bonchev–Trinajstić information content (AvgIpc) is 3.27. The van der Waals surface area contributed by atoms with Gasteiger partial charge in [-0.25, -0.2) is 9.78 Å². The third-order valence-corrected chi connectivity index (χ3v) is 4.54. The smallest absolute Gasteiger partial charge is 0.387 e. The SMILES string of the molecule is O=C(OCc1cc(Cl)ccc1OC(F)F)c1cc(-c2ccco2)nc2ccccc12. The van der Waals surface area contributed by atoms with Crippen molar-refractivity contribution in [1.29, 1.82) is 0 Å². The van der Waals surface area contributed by atoms with Crippen molar-refractivity contribution in [2.24, 2.45) is 0 Å². The minimum absolute atomic E-state index is 0.113. The number of rotatable bonds is 6. The van der Waals surface area contributed by atoms with Gasteiger partial charge in [0.05, 0.1) is 17.3 Å². The maximum absolute atomic E-state index is 12.9. The Morgan fingerprint density at radius 3 is 2.70 bits per heavy atom. The van der Waals surface area contributed by atoms with Crippen LogP contribution in [0.1, 0.15) is 15.9 Å². The molecule has 0 atom stereocenters. The van der Waals surface area contributed by atoms with Crippen molar-refractivity contribution in [3.63, 3.8) is 0 Å². The Morgan fingerprint density at radius 1 is 1.10 bits per heavy atom. The highest BCUT2D eigenvalue weighted by atomic mass is 35.5. The van der Waals surface area contributed by atoms with Gasteiger partial charge in [-0.1, -0.05) is 29.8 Å². The molecular weight excluding hydrogens is 416 g/mol. The van der Waals surface area contributed by atoms with E-state index in [1.807, 2.05) is 0 Å². The lowest BCUT2D eigenvalue weighted by Gasteiger charge is -2.13. The molecule has 0 saturated heterocycles. The van der Waals surface area contributed by atoms with Crippen LogP contribution in [0.25, 0.3) is 22.4 Å². The second-order valence-electron chi connectivity index (χ2n) is 6.26. The van der Waals surface area contributed by atoms with Crippen LogP contribution in [-0.4, -0.2) is 17.6 Å². The van der Waals surface area contributed by atoms with Gasteiger partial charge in [0.1, 0.15) is 18.1 Å². The zero-order chi connectivity index (χ0) is 21.1. The number of esters is 1. The maximum Gasteiger partial charge on any atom is 0.387 e. The largest absolute Gasteiger partial charge is 0.463 e. The van der Waals surface area contributed by atoms with Crippen LogP contribution in [0.3, 0.4) is 0 Å². The van der Waals surface area contributed by atoms with Crippen molar-refractivity contribution in [1.82, 2.24) is 4.98 Å². The number of hydrogen-bond acceptors (Lipinski definition) is 5. The predicted octanol–water partition coefficient (Wildman–Crippen LogP) is 6.11. The second kappa shape index (κ2) is 8.51. The molecule has 0 fully saturated rings. The molecule has 0 N–H and O–H groups in total. The Bertz CT molecular complexity index is 1200. The number of ether oxygens (including phenoxy) is 2. The van der Waals surface area contributed by atoms with Crippen molar-refractivity contribution in [2.75, 3.05) is 0 Å². The molecule has 4 aromatic rings. The van der Waals surface area contributed by atoms with Crippen molar-refractivity contribution >= 4 is 28.5 Å². The van der Waals surface area contributed by atoms with Crippen molar-refractivity contribution in [3.05, 3.63) is 83.1 Å². The molecule has 0 aliphatic heterocycles. The second-order valence-corrected chi connectivity index (χ2v) is 6.69. The number of aromatic nitrogens is 1. The molecule has 2 aromatic heterocycles. The zero-order valence-electron chi connectivity index (χ0n) is 15.3. The van der Waals surface area contributed by atoms with Gasteiger partial charge in [-0.05, 0) is 42.5 Å². The highest BCUT2D eigenvalue weighted by molar-refractivity contribution is 6.30. The Kier molecular flexibility index (Phi) is 5.63. The highest BCUT2D eigenvalue weighted by Gasteiger charge is 2.18. The zero-order valence-corrected chi connectivity index (χ0v) is 16.1. The molecule has 8 heteroatoms. The number of hydrogen-bond donors (Lipinski definition) is 0. The Balaban J connectivity index is 1.65. The molecule has 0 radical (unpaired) electrons. The van der Waals surface area contributed by atoms with Gasteiger partial charge >= 0.3 is 12.6 Å².